The van der Waals surface area contributed by atoms with Crippen LogP contribution in [0, 0.1) is 6.92 Å². The molecular weight excluding hydrogens is 264 g/mol. The monoisotopic (exact) mass is 280 g/mol. The third kappa shape index (κ3) is 3.02. The number of hydrogen-bond acceptors (Lipinski definition) is 4. The van der Waals surface area contributed by atoms with Crippen molar-refractivity contribution in [3.63, 3.8) is 0 Å². The maximum absolute atomic E-state index is 5.81. The summed E-state index contributed by atoms with van der Waals surface area (Å²) in [6.45, 7) is 2.45. The first-order valence-corrected chi connectivity index (χ1v) is 6.66. The Labute approximate surface area is 122 Å². The summed E-state index contributed by atoms with van der Waals surface area (Å²) in [6.07, 6.45) is 3.50. The van der Waals surface area contributed by atoms with E-state index in [1.807, 2.05) is 49.5 Å². The molecule has 2 heterocycles. The Balaban J connectivity index is 1.76. The van der Waals surface area contributed by atoms with Crippen LogP contribution < -0.4 is 10.5 Å². The summed E-state index contributed by atoms with van der Waals surface area (Å²) >= 11 is 0. The van der Waals surface area contributed by atoms with Crippen molar-refractivity contribution < 1.29 is 4.74 Å². The first kappa shape index (κ1) is 13.2. The van der Waals surface area contributed by atoms with Gasteiger partial charge in [-0.15, -0.1) is 0 Å². The number of nitrogens with two attached hydrogens (primary N) is 1. The molecule has 2 aromatic heterocycles. The average Bonchev–Trinajstić information content (AvgIpc) is 2.92. The zero-order valence-corrected chi connectivity index (χ0v) is 11.7. The molecule has 0 saturated heterocycles. The number of ether oxygens (including phenoxy) is 1. The van der Waals surface area contributed by atoms with E-state index in [2.05, 4.69) is 15.2 Å². The lowest BCUT2D eigenvalue weighted by atomic mass is 10.1. The van der Waals surface area contributed by atoms with Gasteiger partial charge in [0.25, 0.3) is 0 Å². The molecule has 5 heteroatoms. The molecule has 106 valence electrons. The zero-order valence-electron chi connectivity index (χ0n) is 11.7. The fourth-order valence-electron chi connectivity index (χ4n) is 2.15. The molecule has 0 radical (unpaired) electrons. The number of aromatic amines is 1. The van der Waals surface area contributed by atoms with E-state index in [1.54, 1.807) is 6.20 Å². The number of benzene rings is 1. The average molecular weight is 280 g/mol. The molecule has 0 amide bonds. The Morgan fingerprint density at radius 1 is 1.24 bits per heavy atom. The Hall–Kier alpha value is -2.82. The maximum Gasteiger partial charge on any atom is 0.123 e. The lowest BCUT2D eigenvalue weighted by Crippen LogP contribution is -1.98. The van der Waals surface area contributed by atoms with E-state index in [9.17, 15) is 0 Å². The molecule has 21 heavy (non-hydrogen) atoms. The van der Waals surface area contributed by atoms with Crippen molar-refractivity contribution in [1.82, 2.24) is 15.2 Å². The van der Waals surface area contributed by atoms with Gasteiger partial charge in [-0.05, 0) is 42.3 Å². The summed E-state index contributed by atoms with van der Waals surface area (Å²) < 4.78 is 5.81. The highest BCUT2D eigenvalue weighted by molar-refractivity contribution is 5.66. The highest BCUT2D eigenvalue weighted by atomic mass is 16.5. The minimum absolute atomic E-state index is 0.459. The van der Waals surface area contributed by atoms with Crippen LogP contribution >= 0.6 is 0 Å². The van der Waals surface area contributed by atoms with E-state index in [-0.39, 0.29) is 0 Å². The molecule has 5 nitrogen and oxygen atoms in total. The van der Waals surface area contributed by atoms with Gasteiger partial charge in [0.15, 0.2) is 0 Å². The third-order valence-corrected chi connectivity index (χ3v) is 3.23. The van der Waals surface area contributed by atoms with Crippen LogP contribution in [-0.2, 0) is 6.61 Å². The summed E-state index contributed by atoms with van der Waals surface area (Å²) in [6, 6.07) is 11.6. The Bertz CT molecular complexity index is 751. The van der Waals surface area contributed by atoms with Gasteiger partial charge < -0.3 is 10.5 Å². The first-order valence-electron chi connectivity index (χ1n) is 6.66. The van der Waals surface area contributed by atoms with Crippen LogP contribution in [0.5, 0.6) is 5.75 Å². The summed E-state index contributed by atoms with van der Waals surface area (Å²) in [5, 5.41) is 6.98. The number of aromatic nitrogens is 3. The number of nitrogen functional groups attached to an aromatic ring is 1. The smallest absolute Gasteiger partial charge is 0.123 e. The van der Waals surface area contributed by atoms with E-state index >= 15 is 0 Å². The molecule has 0 aliphatic heterocycles. The summed E-state index contributed by atoms with van der Waals surface area (Å²) in [7, 11) is 0. The molecule has 3 N–H and O–H groups in total. The summed E-state index contributed by atoms with van der Waals surface area (Å²) in [4.78, 5) is 3.96. The second-order valence-corrected chi connectivity index (χ2v) is 4.81. The number of H-pyrrole nitrogens is 1. The van der Waals surface area contributed by atoms with Crippen molar-refractivity contribution in [3.8, 4) is 16.9 Å². The van der Waals surface area contributed by atoms with Gasteiger partial charge in [-0.1, -0.05) is 12.1 Å². The molecule has 0 bridgehead atoms. The minimum Gasteiger partial charge on any atom is -0.489 e. The summed E-state index contributed by atoms with van der Waals surface area (Å²) in [5.74, 6) is 1.31. The Kier molecular flexibility index (Phi) is 3.55. The van der Waals surface area contributed by atoms with Crippen molar-refractivity contribution in [3.05, 3.63) is 60.0 Å². The normalized spacial score (nSPS) is 10.5. The van der Waals surface area contributed by atoms with E-state index in [0.717, 1.165) is 28.1 Å². The Morgan fingerprint density at radius 2 is 2.14 bits per heavy atom. The van der Waals surface area contributed by atoms with Gasteiger partial charge in [-0.25, -0.2) is 4.98 Å². The van der Waals surface area contributed by atoms with E-state index in [4.69, 9.17) is 10.5 Å². The number of aryl methyl sites for hydroxylation is 1. The molecule has 0 fully saturated rings. The minimum atomic E-state index is 0.459. The van der Waals surface area contributed by atoms with Crippen molar-refractivity contribution in [2.45, 2.75) is 13.5 Å². The molecule has 1 aromatic carbocycles. The predicted octanol–water partition coefficient (Wildman–Crippen LogP) is 2.94. The quantitative estimate of drug-likeness (QED) is 0.770. The van der Waals surface area contributed by atoms with Crippen molar-refractivity contribution in [2.75, 3.05) is 5.73 Å². The molecule has 0 unspecified atom stereocenters. The highest BCUT2D eigenvalue weighted by Crippen LogP contribution is 2.25. The largest absolute Gasteiger partial charge is 0.489 e. The van der Waals surface area contributed by atoms with Crippen LogP contribution in [0.25, 0.3) is 11.1 Å². The van der Waals surface area contributed by atoms with Crippen LogP contribution in [0.15, 0.2) is 48.8 Å². The van der Waals surface area contributed by atoms with Gasteiger partial charge in [0, 0.05) is 17.5 Å². The number of hydrogen-bond donors (Lipinski definition) is 2. The molecule has 0 atom stereocenters. The van der Waals surface area contributed by atoms with Crippen LogP contribution in [0.4, 0.5) is 5.82 Å². The van der Waals surface area contributed by atoms with Gasteiger partial charge >= 0.3 is 0 Å². The molecule has 3 rings (SSSR count). The van der Waals surface area contributed by atoms with Crippen LogP contribution in [0.1, 0.15) is 11.3 Å². The SMILES string of the molecule is Cc1[nH]ncc1-c1cccc(OCc2ccnc(N)c2)c1. The van der Waals surface area contributed by atoms with Crippen LogP contribution in [0.2, 0.25) is 0 Å². The molecular formula is C16H16N4O. The van der Waals surface area contributed by atoms with Crippen molar-refractivity contribution >= 4 is 5.82 Å². The lowest BCUT2D eigenvalue weighted by Gasteiger charge is -2.08. The number of pyridine rings is 1. The van der Waals surface area contributed by atoms with E-state index in [1.165, 1.54) is 0 Å². The number of anilines is 1. The fraction of sp³-hybridized carbons (Fsp3) is 0.125. The number of rotatable bonds is 4. The summed E-state index contributed by atoms with van der Waals surface area (Å²) in [5.41, 5.74) is 9.84. The van der Waals surface area contributed by atoms with Crippen molar-refractivity contribution in [2.24, 2.45) is 0 Å². The number of nitrogens with one attached hydrogen (secondary N) is 1. The second-order valence-electron chi connectivity index (χ2n) is 4.81. The van der Waals surface area contributed by atoms with Crippen molar-refractivity contribution in [1.29, 1.82) is 0 Å². The lowest BCUT2D eigenvalue weighted by molar-refractivity contribution is 0.306. The van der Waals surface area contributed by atoms with E-state index < -0.39 is 0 Å². The van der Waals surface area contributed by atoms with E-state index in [0.29, 0.717) is 12.4 Å². The second kappa shape index (κ2) is 5.66. The fourth-order valence-corrected chi connectivity index (χ4v) is 2.15. The maximum atomic E-state index is 5.81. The predicted molar refractivity (Wildman–Crippen MR) is 81.7 cm³/mol. The first-order chi connectivity index (χ1) is 10.2. The molecule has 0 spiro atoms. The third-order valence-electron chi connectivity index (χ3n) is 3.23. The Morgan fingerprint density at radius 3 is 2.90 bits per heavy atom. The van der Waals surface area contributed by atoms with Gasteiger partial charge in [-0.2, -0.15) is 5.10 Å². The highest BCUT2D eigenvalue weighted by Gasteiger charge is 2.05. The zero-order chi connectivity index (χ0) is 14.7. The van der Waals surface area contributed by atoms with Gasteiger partial charge in [0.1, 0.15) is 18.2 Å². The van der Waals surface area contributed by atoms with Gasteiger partial charge in [-0.3, -0.25) is 5.10 Å². The van der Waals surface area contributed by atoms with Crippen LogP contribution in [-0.4, -0.2) is 15.2 Å². The molecule has 3 aromatic rings. The standard InChI is InChI=1S/C16H16N4O/c1-11-15(9-19-20-11)13-3-2-4-14(8-13)21-10-12-5-6-18-16(17)7-12/h2-9H,10H2,1H3,(H2,17,18)(H,19,20). The van der Waals surface area contributed by atoms with Gasteiger partial charge in [0.2, 0.25) is 0 Å². The van der Waals surface area contributed by atoms with Crippen LogP contribution in [0.3, 0.4) is 0 Å². The number of nitrogens with zero attached hydrogens (tertiary/aromatic N) is 2. The molecule has 0 aliphatic carbocycles. The molecule has 0 aliphatic rings. The molecule has 0 saturated carbocycles. The van der Waals surface area contributed by atoms with Gasteiger partial charge in [0.05, 0.1) is 6.20 Å². The topological polar surface area (TPSA) is 76.8 Å².